The Balaban J connectivity index is 2.86. The van der Waals surface area contributed by atoms with Crippen molar-refractivity contribution < 1.29 is 9.90 Å². The van der Waals surface area contributed by atoms with E-state index in [4.69, 9.17) is 5.11 Å². The normalized spacial score (nSPS) is 10.3. The molecule has 72 valence electrons. The third-order valence-corrected chi connectivity index (χ3v) is 1.83. The fraction of sp³-hybridized carbons (Fsp3) is 0.500. The van der Waals surface area contributed by atoms with Crippen LogP contribution in [0.3, 0.4) is 0 Å². The van der Waals surface area contributed by atoms with Gasteiger partial charge in [-0.1, -0.05) is 0 Å². The van der Waals surface area contributed by atoms with Crippen LogP contribution in [-0.2, 0) is 24.8 Å². The van der Waals surface area contributed by atoms with Crippen LogP contribution in [0, 0.1) is 0 Å². The van der Waals surface area contributed by atoms with E-state index in [1.165, 1.54) is 0 Å². The van der Waals surface area contributed by atoms with Gasteiger partial charge in [-0.2, -0.15) is 5.10 Å². The molecule has 5 nitrogen and oxygen atoms in total. The largest absolute Gasteiger partial charge is 0.481 e. The first-order chi connectivity index (χ1) is 6.15. The SMILES string of the molecule is CNCc1c(CC(=O)O)cnn1C. The van der Waals surface area contributed by atoms with Gasteiger partial charge in [0.1, 0.15) is 0 Å². The number of aryl methyl sites for hydroxylation is 1. The zero-order valence-corrected chi connectivity index (χ0v) is 7.74. The van der Waals surface area contributed by atoms with Crippen molar-refractivity contribution in [1.82, 2.24) is 15.1 Å². The van der Waals surface area contributed by atoms with Gasteiger partial charge < -0.3 is 10.4 Å². The van der Waals surface area contributed by atoms with E-state index in [0.29, 0.717) is 6.54 Å². The van der Waals surface area contributed by atoms with Crippen LogP contribution in [0.25, 0.3) is 0 Å². The van der Waals surface area contributed by atoms with Crippen molar-refractivity contribution in [2.75, 3.05) is 7.05 Å². The van der Waals surface area contributed by atoms with Crippen molar-refractivity contribution in [3.63, 3.8) is 0 Å². The molecule has 2 N–H and O–H groups in total. The number of nitrogens with zero attached hydrogens (tertiary/aromatic N) is 2. The molecule has 13 heavy (non-hydrogen) atoms. The van der Waals surface area contributed by atoms with Crippen molar-refractivity contribution in [3.8, 4) is 0 Å². The maximum absolute atomic E-state index is 10.5. The molecule has 1 aromatic heterocycles. The van der Waals surface area contributed by atoms with E-state index >= 15 is 0 Å². The lowest BCUT2D eigenvalue weighted by Crippen LogP contribution is -2.13. The van der Waals surface area contributed by atoms with Crippen LogP contribution in [0.15, 0.2) is 6.20 Å². The molecule has 5 heteroatoms. The first-order valence-corrected chi connectivity index (χ1v) is 4.01. The van der Waals surface area contributed by atoms with Crippen LogP contribution < -0.4 is 5.32 Å². The summed E-state index contributed by atoms with van der Waals surface area (Å²) in [6.45, 7) is 0.638. The highest BCUT2D eigenvalue weighted by atomic mass is 16.4. The van der Waals surface area contributed by atoms with Crippen LogP contribution in [0.5, 0.6) is 0 Å². The van der Waals surface area contributed by atoms with Gasteiger partial charge in [0, 0.05) is 19.2 Å². The number of carbonyl (C=O) groups is 1. The predicted octanol–water partition coefficient (Wildman–Crippen LogP) is -0.233. The highest BCUT2D eigenvalue weighted by Crippen LogP contribution is 2.07. The Morgan fingerprint density at radius 1 is 1.77 bits per heavy atom. The Morgan fingerprint density at radius 3 is 3.00 bits per heavy atom. The number of aromatic nitrogens is 2. The highest BCUT2D eigenvalue weighted by Gasteiger charge is 2.10. The fourth-order valence-electron chi connectivity index (χ4n) is 1.21. The van der Waals surface area contributed by atoms with Crippen molar-refractivity contribution >= 4 is 5.97 Å². The van der Waals surface area contributed by atoms with E-state index < -0.39 is 5.97 Å². The third-order valence-electron chi connectivity index (χ3n) is 1.83. The standard InChI is InChI=1S/C8H13N3O2/c1-9-5-7-6(3-8(12)13)4-10-11(7)2/h4,9H,3,5H2,1-2H3,(H,12,13). The summed E-state index contributed by atoms with van der Waals surface area (Å²) >= 11 is 0. The van der Waals surface area contributed by atoms with Crippen LogP contribution >= 0.6 is 0 Å². The summed E-state index contributed by atoms with van der Waals surface area (Å²) in [4.78, 5) is 10.5. The summed E-state index contributed by atoms with van der Waals surface area (Å²) in [5, 5.41) is 15.6. The van der Waals surface area contributed by atoms with Crippen molar-refractivity contribution in [3.05, 3.63) is 17.5 Å². The van der Waals surface area contributed by atoms with Gasteiger partial charge in [-0.3, -0.25) is 9.48 Å². The van der Waals surface area contributed by atoms with E-state index in [1.54, 1.807) is 17.9 Å². The lowest BCUT2D eigenvalue weighted by Gasteiger charge is -2.02. The molecule has 1 heterocycles. The summed E-state index contributed by atoms with van der Waals surface area (Å²) in [7, 11) is 3.62. The number of carboxylic acids is 1. The summed E-state index contributed by atoms with van der Waals surface area (Å²) < 4.78 is 1.69. The zero-order valence-electron chi connectivity index (χ0n) is 7.74. The fourth-order valence-corrected chi connectivity index (χ4v) is 1.21. The molecule has 0 fully saturated rings. The molecule has 0 atom stereocenters. The molecule has 0 spiro atoms. The van der Waals surface area contributed by atoms with Gasteiger partial charge in [0.05, 0.1) is 18.3 Å². The van der Waals surface area contributed by atoms with E-state index in [9.17, 15) is 4.79 Å². The summed E-state index contributed by atoms with van der Waals surface area (Å²) in [5.74, 6) is -0.828. The maximum Gasteiger partial charge on any atom is 0.307 e. The Kier molecular flexibility index (Phi) is 3.02. The number of rotatable bonds is 4. The minimum absolute atomic E-state index is 0.0326. The minimum Gasteiger partial charge on any atom is -0.481 e. The molecular weight excluding hydrogens is 170 g/mol. The van der Waals surface area contributed by atoms with E-state index in [2.05, 4.69) is 10.4 Å². The number of aliphatic carboxylic acids is 1. The molecule has 0 aliphatic rings. The van der Waals surface area contributed by atoms with Crippen molar-refractivity contribution in [2.24, 2.45) is 7.05 Å². The van der Waals surface area contributed by atoms with Crippen LogP contribution in [0.1, 0.15) is 11.3 Å². The lowest BCUT2D eigenvalue weighted by atomic mass is 10.2. The maximum atomic E-state index is 10.5. The molecule has 0 aliphatic heterocycles. The summed E-state index contributed by atoms with van der Waals surface area (Å²) in [5.41, 5.74) is 1.69. The van der Waals surface area contributed by atoms with Gasteiger partial charge in [-0.25, -0.2) is 0 Å². The van der Waals surface area contributed by atoms with Gasteiger partial charge in [0.2, 0.25) is 0 Å². The highest BCUT2D eigenvalue weighted by molar-refractivity contribution is 5.70. The van der Waals surface area contributed by atoms with Gasteiger partial charge in [-0.15, -0.1) is 0 Å². The molecule has 0 saturated heterocycles. The molecule has 1 rings (SSSR count). The first kappa shape index (κ1) is 9.73. The topological polar surface area (TPSA) is 67.2 Å². The first-order valence-electron chi connectivity index (χ1n) is 4.01. The second kappa shape index (κ2) is 4.04. The van der Waals surface area contributed by atoms with Crippen molar-refractivity contribution in [2.45, 2.75) is 13.0 Å². The minimum atomic E-state index is -0.828. The molecule has 0 bridgehead atoms. The molecule has 0 radical (unpaired) electrons. The van der Waals surface area contributed by atoms with Crippen LogP contribution in [-0.4, -0.2) is 27.9 Å². The van der Waals surface area contributed by atoms with E-state index in [0.717, 1.165) is 11.3 Å². The summed E-state index contributed by atoms with van der Waals surface area (Å²) in [6, 6.07) is 0. The summed E-state index contributed by atoms with van der Waals surface area (Å²) in [6.07, 6.45) is 1.63. The Bertz CT molecular complexity index is 306. The molecular formula is C8H13N3O2. The smallest absolute Gasteiger partial charge is 0.307 e. The predicted molar refractivity (Wildman–Crippen MR) is 47.3 cm³/mol. The lowest BCUT2D eigenvalue weighted by molar-refractivity contribution is -0.136. The van der Waals surface area contributed by atoms with E-state index in [1.807, 2.05) is 7.05 Å². The molecule has 0 unspecified atom stereocenters. The second-order valence-electron chi connectivity index (χ2n) is 2.84. The molecule has 0 saturated carbocycles. The molecule has 0 aromatic carbocycles. The van der Waals surface area contributed by atoms with Crippen molar-refractivity contribution in [1.29, 1.82) is 0 Å². The number of hydrogen-bond acceptors (Lipinski definition) is 3. The second-order valence-corrected chi connectivity index (χ2v) is 2.84. The number of nitrogens with one attached hydrogen (secondary N) is 1. The monoisotopic (exact) mass is 183 g/mol. The van der Waals surface area contributed by atoms with Gasteiger partial charge >= 0.3 is 5.97 Å². The molecule has 1 aromatic rings. The quantitative estimate of drug-likeness (QED) is 0.676. The Hall–Kier alpha value is -1.36. The van der Waals surface area contributed by atoms with E-state index in [-0.39, 0.29) is 6.42 Å². The Morgan fingerprint density at radius 2 is 2.46 bits per heavy atom. The average Bonchev–Trinajstić information content (AvgIpc) is 2.35. The number of carboxylic acid groups (broad SMARTS) is 1. The van der Waals surface area contributed by atoms with Gasteiger partial charge in [0.15, 0.2) is 0 Å². The van der Waals surface area contributed by atoms with Gasteiger partial charge in [0.25, 0.3) is 0 Å². The zero-order chi connectivity index (χ0) is 9.84. The molecule has 0 aliphatic carbocycles. The number of hydrogen-bond donors (Lipinski definition) is 2. The van der Waals surface area contributed by atoms with Crippen LogP contribution in [0.2, 0.25) is 0 Å². The average molecular weight is 183 g/mol. The van der Waals surface area contributed by atoms with Crippen LogP contribution in [0.4, 0.5) is 0 Å². The Labute approximate surface area is 76.4 Å². The molecule has 0 amide bonds. The van der Waals surface area contributed by atoms with Gasteiger partial charge in [-0.05, 0) is 7.05 Å². The third kappa shape index (κ3) is 2.29.